The first kappa shape index (κ1) is 20.2. The van der Waals surface area contributed by atoms with E-state index in [1.807, 2.05) is 6.07 Å². The van der Waals surface area contributed by atoms with E-state index in [1.54, 1.807) is 13.8 Å². The summed E-state index contributed by atoms with van der Waals surface area (Å²) in [6.45, 7) is 3.53. The van der Waals surface area contributed by atoms with Gasteiger partial charge in [0.1, 0.15) is 16.7 Å². The normalized spacial score (nSPS) is 17.1. The van der Waals surface area contributed by atoms with E-state index in [4.69, 9.17) is 0 Å². The molecule has 2 saturated carbocycles. The van der Waals surface area contributed by atoms with Crippen LogP contribution in [0.2, 0.25) is 0 Å². The van der Waals surface area contributed by atoms with Crippen molar-refractivity contribution in [1.82, 2.24) is 19.3 Å². The molecule has 0 aliphatic heterocycles. The van der Waals surface area contributed by atoms with E-state index in [-0.39, 0.29) is 10.9 Å². The second kappa shape index (κ2) is 7.43. The Hall–Kier alpha value is -2.76. The predicted molar refractivity (Wildman–Crippen MR) is 118 cm³/mol. The van der Waals surface area contributed by atoms with Crippen molar-refractivity contribution in [2.45, 2.75) is 68.8 Å². The molecule has 1 N–H and O–H groups in total. The maximum absolute atomic E-state index is 12.4. The molecular weight excluding hydrogens is 410 g/mol. The molecule has 0 unspecified atom stereocenters. The lowest BCUT2D eigenvalue weighted by Gasteiger charge is -2.29. The first-order valence-electron chi connectivity index (χ1n) is 10.8. The number of nitrogens with one attached hydrogen (secondary N) is 1. The molecule has 2 aromatic heterocycles. The van der Waals surface area contributed by atoms with Crippen LogP contribution in [0.5, 0.6) is 0 Å². The number of aromatic nitrogens is 3. The zero-order valence-electron chi connectivity index (χ0n) is 17.7. The molecule has 1 aromatic carbocycles. The summed E-state index contributed by atoms with van der Waals surface area (Å²) in [5, 5.41) is 10.9. The van der Waals surface area contributed by atoms with Crippen molar-refractivity contribution >= 4 is 20.9 Å². The molecule has 0 amide bonds. The molecule has 0 spiro atoms. The Morgan fingerprint density at radius 1 is 1.16 bits per heavy atom. The van der Waals surface area contributed by atoms with Crippen molar-refractivity contribution in [2.24, 2.45) is 0 Å². The quantitative estimate of drug-likeness (QED) is 0.623. The molecule has 2 aliphatic carbocycles. The van der Waals surface area contributed by atoms with Crippen molar-refractivity contribution in [3.63, 3.8) is 0 Å². The average molecular weight is 436 g/mol. The lowest BCUT2D eigenvalue weighted by Crippen LogP contribution is -2.30. The number of hydrogen-bond acceptors (Lipinski definition) is 5. The number of nitrogens with zero attached hydrogens (tertiary/aromatic N) is 4. The van der Waals surface area contributed by atoms with Gasteiger partial charge in [0, 0.05) is 17.5 Å². The van der Waals surface area contributed by atoms with Crippen LogP contribution < -0.4 is 4.72 Å². The van der Waals surface area contributed by atoms with Gasteiger partial charge in [0.05, 0.1) is 23.5 Å². The van der Waals surface area contributed by atoms with Gasteiger partial charge in [0.25, 0.3) is 0 Å². The minimum Gasteiger partial charge on any atom is -0.334 e. The van der Waals surface area contributed by atoms with Crippen molar-refractivity contribution in [2.75, 3.05) is 0 Å². The molecule has 2 fully saturated rings. The van der Waals surface area contributed by atoms with Crippen molar-refractivity contribution in [3.05, 3.63) is 41.7 Å². The Balaban J connectivity index is 1.66. The van der Waals surface area contributed by atoms with Crippen LogP contribution in [0.1, 0.15) is 69.0 Å². The standard InChI is InChI=1S/C23H25N5O2S/c1-14(2)27-31(29,30)18-12-25-23(26-13-18)22-20(11-24)19-9-8-16(15-6-7-15)10-21(19)28(22)17-4-3-5-17/h8-10,12-15,17,27H,3-7H2,1-2H3. The van der Waals surface area contributed by atoms with Crippen LogP contribution in [0.4, 0.5) is 0 Å². The Morgan fingerprint density at radius 2 is 1.87 bits per heavy atom. The zero-order valence-corrected chi connectivity index (χ0v) is 18.5. The molecular formula is C23H25N5O2S. The summed E-state index contributed by atoms with van der Waals surface area (Å²) in [5.74, 6) is 1.01. The van der Waals surface area contributed by atoms with Gasteiger partial charge in [-0.2, -0.15) is 5.26 Å². The van der Waals surface area contributed by atoms with Crippen LogP contribution in [0.15, 0.2) is 35.5 Å². The molecule has 3 aromatic rings. The fourth-order valence-corrected chi connectivity index (χ4v) is 5.45. The van der Waals surface area contributed by atoms with Crippen LogP contribution in [-0.2, 0) is 10.0 Å². The number of nitriles is 1. The molecule has 0 radical (unpaired) electrons. The van der Waals surface area contributed by atoms with Gasteiger partial charge in [-0.15, -0.1) is 0 Å². The van der Waals surface area contributed by atoms with Crippen LogP contribution in [0.25, 0.3) is 22.4 Å². The van der Waals surface area contributed by atoms with Gasteiger partial charge in [-0.3, -0.25) is 0 Å². The number of rotatable bonds is 6. The van der Waals surface area contributed by atoms with E-state index >= 15 is 0 Å². The lowest BCUT2D eigenvalue weighted by molar-refractivity contribution is 0.323. The summed E-state index contributed by atoms with van der Waals surface area (Å²) >= 11 is 0. The molecule has 2 aliphatic rings. The maximum atomic E-state index is 12.4. The highest BCUT2D eigenvalue weighted by Crippen LogP contribution is 2.45. The Kier molecular flexibility index (Phi) is 4.83. The third-order valence-corrected chi connectivity index (χ3v) is 7.78. The number of sulfonamides is 1. The summed E-state index contributed by atoms with van der Waals surface area (Å²) in [6.07, 6.45) is 8.36. The van der Waals surface area contributed by atoms with E-state index in [0.29, 0.717) is 29.0 Å². The molecule has 7 nitrogen and oxygen atoms in total. The van der Waals surface area contributed by atoms with Crippen LogP contribution in [0, 0.1) is 11.3 Å². The van der Waals surface area contributed by atoms with E-state index in [9.17, 15) is 13.7 Å². The largest absolute Gasteiger partial charge is 0.334 e. The molecule has 31 heavy (non-hydrogen) atoms. The van der Waals surface area contributed by atoms with Gasteiger partial charge < -0.3 is 4.57 Å². The van der Waals surface area contributed by atoms with Gasteiger partial charge in [0.2, 0.25) is 10.0 Å². The first-order chi connectivity index (χ1) is 14.9. The molecule has 5 rings (SSSR count). The SMILES string of the molecule is CC(C)NS(=O)(=O)c1cnc(-c2c(C#N)c3ccc(C4CC4)cc3n2C2CCC2)nc1. The summed E-state index contributed by atoms with van der Waals surface area (Å²) in [6, 6.07) is 8.85. The summed E-state index contributed by atoms with van der Waals surface area (Å²) < 4.78 is 29.7. The fraction of sp³-hybridized carbons (Fsp3) is 0.435. The summed E-state index contributed by atoms with van der Waals surface area (Å²) in [7, 11) is -3.67. The zero-order chi connectivity index (χ0) is 21.8. The minimum atomic E-state index is -3.67. The number of fused-ring (bicyclic) bond motifs is 1. The van der Waals surface area contributed by atoms with Crippen molar-refractivity contribution in [1.29, 1.82) is 5.26 Å². The van der Waals surface area contributed by atoms with Gasteiger partial charge in [0.15, 0.2) is 5.82 Å². The Labute approximate surface area is 182 Å². The third-order valence-electron chi connectivity index (χ3n) is 6.17. The van der Waals surface area contributed by atoms with Gasteiger partial charge in [-0.25, -0.2) is 23.1 Å². The second-order valence-electron chi connectivity index (χ2n) is 8.86. The number of benzene rings is 1. The van der Waals surface area contributed by atoms with E-state index < -0.39 is 10.0 Å². The van der Waals surface area contributed by atoms with E-state index in [0.717, 1.165) is 30.2 Å². The molecule has 8 heteroatoms. The van der Waals surface area contributed by atoms with E-state index in [1.165, 1.54) is 30.8 Å². The highest BCUT2D eigenvalue weighted by molar-refractivity contribution is 7.89. The molecule has 0 atom stereocenters. The topological polar surface area (TPSA) is 101 Å². The smallest absolute Gasteiger partial charge is 0.243 e. The van der Waals surface area contributed by atoms with Crippen LogP contribution in [-0.4, -0.2) is 29.0 Å². The maximum Gasteiger partial charge on any atom is 0.243 e. The van der Waals surface area contributed by atoms with Crippen LogP contribution in [0.3, 0.4) is 0 Å². The van der Waals surface area contributed by atoms with Gasteiger partial charge >= 0.3 is 0 Å². The van der Waals surface area contributed by atoms with E-state index in [2.05, 4.69) is 37.5 Å². The van der Waals surface area contributed by atoms with Crippen molar-refractivity contribution in [3.8, 4) is 17.6 Å². The highest BCUT2D eigenvalue weighted by atomic mass is 32.2. The summed E-state index contributed by atoms with van der Waals surface area (Å²) in [5.41, 5.74) is 3.63. The van der Waals surface area contributed by atoms with Gasteiger partial charge in [-0.05, 0) is 63.5 Å². The average Bonchev–Trinajstić information content (AvgIpc) is 3.49. The molecule has 160 valence electrons. The molecule has 2 heterocycles. The Morgan fingerprint density at radius 3 is 2.42 bits per heavy atom. The van der Waals surface area contributed by atoms with Crippen LogP contribution >= 0.6 is 0 Å². The number of hydrogen-bond donors (Lipinski definition) is 1. The highest BCUT2D eigenvalue weighted by Gasteiger charge is 2.31. The van der Waals surface area contributed by atoms with Gasteiger partial charge in [-0.1, -0.05) is 12.1 Å². The first-order valence-corrected chi connectivity index (χ1v) is 12.3. The Bertz CT molecular complexity index is 1290. The molecule has 0 saturated heterocycles. The van der Waals surface area contributed by atoms with Crippen molar-refractivity contribution < 1.29 is 8.42 Å². The minimum absolute atomic E-state index is 0.0192. The monoisotopic (exact) mass is 435 g/mol. The predicted octanol–water partition coefficient (Wildman–Crippen LogP) is 4.26. The lowest BCUT2D eigenvalue weighted by atomic mass is 9.92. The third kappa shape index (κ3) is 3.52. The molecule has 0 bridgehead atoms. The second-order valence-corrected chi connectivity index (χ2v) is 10.6. The fourth-order valence-electron chi connectivity index (χ4n) is 4.31. The summed E-state index contributed by atoms with van der Waals surface area (Å²) in [4.78, 5) is 8.81.